The van der Waals surface area contributed by atoms with E-state index in [-0.39, 0.29) is 5.91 Å². The fourth-order valence-corrected chi connectivity index (χ4v) is 2.74. The second-order valence-electron chi connectivity index (χ2n) is 5.94. The average Bonchev–Trinajstić information content (AvgIpc) is 2.47. The number of benzene rings is 1. The molecule has 21 heavy (non-hydrogen) atoms. The number of nitrogen functional groups attached to an aromatic ring is 1. The van der Waals surface area contributed by atoms with Crippen LogP contribution in [0.15, 0.2) is 18.2 Å². The summed E-state index contributed by atoms with van der Waals surface area (Å²) >= 11 is 0. The molecule has 2 rings (SSSR count). The van der Waals surface area contributed by atoms with Gasteiger partial charge < -0.3 is 20.3 Å². The first-order valence-electron chi connectivity index (χ1n) is 7.39. The summed E-state index contributed by atoms with van der Waals surface area (Å²) in [5, 5.41) is 0. The third kappa shape index (κ3) is 3.88. The van der Waals surface area contributed by atoms with Gasteiger partial charge in [0, 0.05) is 45.7 Å². The molecule has 2 N–H and O–H groups in total. The number of hydrogen-bond acceptors (Lipinski definition) is 4. The summed E-state index contributed by atoms with van der Waals surface area (Å²) in [5.41, 5.74) is 7.99. The smallest absolute Gasteiger partial charge is 0.255 e. The van der Waals surface area contributed by atoms with Gasteiger partial charge in [-0.15, -0.1) is 0 Å². The van der Waals surface area contributed by atoms with Crippen LogP contribution in [0.4, 0.5) is 11.4 Å². The maximum absolute atomic E-state index is 12.7. The first-order valence-corrected chi connectivity index (χ1v) is 7.39. The predicted octanol–water partition coefficient (Wildman–Crippen LogP) is 1.83. The van der Waals surface area contributed by atoms with Gasteiger partial charge in [-0.05, 0) is 37.0 Å². The van der Waals surface area contributed by atoms with E-state index in [9.17, 15) is 4.79 Å². The monoisotopic (exact) mass is 291 g/mol. The molecule has 1 amide bonds. The highest BCUT2D eigenvalue weighted by Crippen LogP contribution is 2.23. The summed E-state index contributed by atoms with van der Waals surface area (Å²) in [6.07, 6.45) is 2.20. The molecule has 0 bridgehead atoms. The van der Waals surface area contributed by atoms with Gasteiger partial charge in [-0.1, -0.05) is 0 Å². The van der Waals surface area contributed by atoms with E-state index in [2.05, 4.69) is 0 Å². The van der Waals surface area contributed by atoms with Crippen molar-refractivity contribution in [2.75, 3.05) is 51.5 Å². The van der Waals surface area contributed by atoms with Gasteiger partial charge in [0.1, 0.15) is 0 Å². The Hall–Kier alpha value is -1.75. The van der Waals surface area contributed by atoms with Gasteiger partial charge in [0.15, 0.2) is 0 Å². The highest BCUT2D eigenvalue weighted by Gasteiger charge is 2.22. The lowest BCUT2D eigenvalue weighted by molar-refractivity contribution is 0.0389. The van der Waals surface area contributed by atoms with Crippen LogP contribution in [0.1, 0.15) is 23.2 Å². The Morgan fingerprint density at radius 3 is 2.76 bits per heavy atom. The van der Waals surface area contributed by atoms with Crippen molar-refractivity contribution in [3.8, 4) is 0 Å². The normalized spacial score (nSPS) is 18.3. The van der Waals surface area contributed by atoms with E-state index in [1.807, 2.05) is 38.2 Å². The zero-order valence-electron chi connectivity index (χ0n) is 13.1. The van der Waals surface area contributed by atoms with Crippen LogP contribution in [0.5, 0.6) is 0 Å². The lowest BCUT2D eigenvalue weighted by Crippen LogP contribution is -2.35. The average molecular weight is 291 g/mol. The van der Waals surface area contributed by atoms with Crippen molar-refractivity contribution in [2.24, 2.45) is 5.92 Å². The fraction of sp³-hybridized carbons (Fsp3) is 0.562. The van der Waals surface area contributed by atoms with Gasteiger partial charge in [0.05, 0.1) is 12.2 Å². The summed E-state index contributed by atoms with van der Waals surface area (Å²) in [7, 11) is 5.70. The van der Waals surface area contributed by atoms with E-state index < -0.39 is 0 Å². The largest absolute Gasteiger partial charge is 0.399 e. The van der Waals surface area contributed by atoms with Crippen LogP contribution in [0.25, 0.3) is 0 Å². The van der Waals surface area contributed by atoms with Gasteiger partial charge in [0.25, 0.3) is 5.91 Å². The molecule has 0 aromatic heterocycles. The molecule has 5 heteroatoms. The SMILES string of the molecule is CN(CC1CCCOC1)C(=O)c1cc(N)ccc1N(C)C. The molecular formula is C16H25N3O2. The van der Waals surface area contributed by atoms with E-state index in [0.29, 0.717) is 17.2 Å². The van der Waals surface area contributed by atoms with Crippen molar-refractivity contribution >= 4 is 17.3 Å². The fourth-order valence-electron chi connectivity index (χ4n) is 2.74. The minimum Gasteiger partial charge on any atom is -0.399 e. The van der Waals surface area contributed by atoms with Crippen molar-refractivity contribution in [2.45, 2.75) is 12.8 Å². The summed E-state index contributed by atoms with van der Waals surface area (Å²) in [6, 6.07) is 5.47. The molecule has 116 valence electrons. The second kappa shape index (κ2) is 6.80. The third-order valence-electron chi connectivity index (χ3n) is 3.87. The van der Waals surface area contributed by atoms with Gasteiger partial charge in [-0.2, -0.15) is 0 Å². The number of carbonyl (C=O) groups is 1. The van der Waals surface area contributed by atoms with Crippen LogP contribution in [0, 0.1) is 5.92 Å². The molecule has 1 fully saturated rings. The summed E-state index contributed by atoms with van der Waals surface area (Å²) in [6.45, 7) is 2.31. The molecule has 1 aliphatic rings. The quantitative estimate of drug-likeness (QED) is 0.860. The van der Waals surface area contributed by atoms with E-state index in [1.54, 1.807) is 11.0 Å². The Labute approximate surface area is 126 Å². The zero-order valence-corrected chi connectivity index (χ0v) is 13.1. The van der Waals surface area contributed by atoms with Crippen LogP contribution in [0.2, 0.25) is 0 Å². The standard InChI is InChI=1S/C16H25N3O2/c1-18(2)15-7-6-13(17)9-14(15)16(20)19(3)10-12-5-4-8-21-11-12/h6-7,9,12H,4-5,8,10-11,17H2,1-3H3. The number of carbonyl (C=O) groups excluding carboxylic acids is 1. The first-order chi connectivity index (χ1) is 9.99. The number of ether oxygens (including phenoxy) is 1. The number of nitrogens with zero attached hydrogens (tertiary/aromatic N) is 2. The van der Waals surface area contributed by atoms with Crippen molar-refractivity contribution < 1.29 is 9.53 Å². The van der Waals surface area contributed by atoms with Gasteiger partial charge in [-0.25, -0.2) is 0 Å². The number of hydrogen-bond donors (Lipinski definition) is 1. The van der Waals surface area contributed by atoms with Gasteiger partial charge in [0.2, 0.25) is 0 Å². The number of rotatable bonds is 4. The molecule has 0 aliphatic carbocycles. The molecule has 0 radical (unpaired) electrons. The lowest BCUT2D eigenvalue weighted by Gasteiger charge is -2.28. The van der Waals surface area contributed by atoms with Crippen molar-refractivity contribution in [3.63, 3.8) is 0 Å². The molecular weight excluding hydrogens is 266 g/mol. The Balaban J connectivity index is 2.12. The molecule has 1 atom stereocenters. The maximum atomic E-state index is 12.7. The molecule has 5 nitrogen and oxygen atoms in total. The summed E-state index contributed by atoms with van der Waals surface area (Å²) in [5.74, 6) is 0.438. The van der Waals surface area contributed by atoms with Gasteiger partial charge >= 0.3 is 0 Å². The highest BCUT2D eigenvalue weighted by atomic mass is 16.5. The summed E-state index contributed by atoms with van der Waals surface area (Å²) < 4.78 is 5.48. The van der Waals surface area contributed by atoms with Crippen molar-refractivity contribution in [1.29, 1.82) is 0 Å². The minimum atomic E-state index is 0.0107. The number of anilines is 2. The van der Waals surface area contributed by atoms with Crippen molar-refractivity contribution in [3.05, 3.63) is 23.8 Å². The topological polar surface area (TPSA) is 58.8 Å². The van der Waals surface area contributed by atoms with E-state index in [4.69, 9.17) is 10.5 Å². The molecule has 0 saturated carbocycles. The maximum Gasteiger partial charge on any atom is 0.255 e. The molecule has 0 spiro atoms. The Morgan fingerprint density at radius 2 is 2.14 bits per heavy atom. The van der Waals surface area contributed by atoms with E-state index >= 15 is 0 Å². The van der Waals surface area contributed by atoms with Crippen LogP contribution in [-0.4, -0.2) is 51.7 Å². The van der Waals surface area contributed by atoms with Gasteiger partial charge in [-0.3, -0.25) is 4.79 Å². The third-order valence-corrected chi connectivity index (χ3v) is 3.87. The van der Waals surface area contributed by atoms with Crippen LogP contribution < -0.4 is 10.6 Å². The number of amides is 1. The number of nitrogens with two attached hydrogens (primary N) is 1. The predicted molar refractivity (Wildman–Crippen MR) is 85.7 cm³/mol. The molecule has 1 aliphatic heterocycles. The summed E-state index contributed by atoms with van der Waals surface area (Å²) in [4.78, 5) is 16.4. The van der Waals surface area contributed by atoms with Crippen LogP contribution in [0.3, 0.4) is 0 Å². The molecule has 1 saturated heterocycles. The Morgan fingerprint density at radius 1 is 1.38 bits per heavy atom. The lowest BCUT2D eigenvalue weighted by atomic mass is 10.0. The minimum absolute atomic E-state index is 0.0107. The first kappa shape index (κ1) is 15.6. The Kier molecular flexibility index (Phi) is 5.07. The van der Waals surface area contributed by atoms with Crippen LogP contribution >= 0.6 is 0 Å². The zero-order chi connectivity index (χ0) is 15.4. The molecule has 1 heterocycles. The van der Waals surface area contributed by atoms with Crippen LogP contribution in [-0.2, 0) is 4.74 Å². The second-order valence-corrected chi connectivity index (χ2v) is 5.94. The molecule has 1 aromatic rings. The molecule has 1 unspecified atom stereocenters. The van der Waals surface area contributed by atoms with E-state index in [0.717, 1.165) is 38.3 Å². The highest BCUT2D eigenvalue weighted by molar-refractivity contribution is 6.00. The Bertz CT molecular complexity index is 496. The van der Waals surface area contributed by atoms with Crippen molar-refractivity contribution in [1.82, 2.24) is 4.90 Å². The van der Waals surface area contributed by atoms with E-state index in [1.165, 1.54) is 0 Å². The molecule has 1 aromatic carbocycles.